The second-order valence-corrected chi connectivity index (χ2v) is 6.22. The van der Waals surface area contributed by atoms with Crippen LogP contribution in [0.4, 0.5) is 0 Å². The fraction of sp³-hybridized carbons (Fsp3) is 0.800. The fourth-order valence-electron chi connectivity index (χ4n) is 3.69. The molecule has 1 aromatic rings. The van der Waals surface area contributed by atoms with Crippen LogP contribution in [0.15, 0.2) is 0 Å². The first-order valence-corrected chi connectivity index (χ1v) is 7.78. The topological polar surface area (TPSA) is 51.0 Å². The quantitative estimate of drug-likeness (QED) is 0.845. The summed E-state index contributed by atoms with van der Waals surface area (Å²) in [5, 5.41) is 8.41. The summed E-state index contributed by atoms with van der Waals surface area (Å²) in [7, 11) is 2.02. The van der Waals surface area contributed by atoms with Crippen LogP contribution in [0, 0.1) is 12.8 Å². The van der Waals surface area contributed by atoms with Crippen LogP contribution in [0.5, 0.6) is 0 Å². The number of rotatable bonds is 3. The highest BCUT2D eigenvalue weighted by atomic mass is 16.1. The summed E-state index contributed by atoms with van der Waals surface area (Å²) in [6, 6.07) is 0.427. The number of likely N-dealkylation sites (tertiary alicyclic amines) is 1. The number of aromatic nitrogens is 3. The summed E-state index contributed by atoms with van der Waals surface area (Å²) < 4.78 is 2.06. The van der Waals surface area contributed by atoms with E-state index in [1.54, 1.807) is 0 Å². The molecule has 1 aliphatic heterocycles. The zero-order valence-electron chi connectivity index (χ0n) is 12.5. The van der Waals surface area contributed by atoms with Crippen molar-refractivity contribution >= 4 is 5.78 Å². The number of carbonyl (C=O) groups is 1. The Morgan fingerprint density at radius 1 is 1.20 bits per heavy atom. The van der Waals surface area contributed by atoms with E-state index in [0.717, 1.165) is 50.4 Å². The average Bonchev–Trinajstić information content (AvgIpc) is 3.00. The van der Waals surface area contributed by atoms with Crippen molar-refractivity contribution in [1.29, 1.82) is 0 Å². The van der Waals surface area contributed by atoms with Crippen LogP contribution >= 0.6 is 0 Å². The van der Waals surface area contributed by atoms with Crippen LogP contribution in [0.3, 0.4) is 0 Å². The fourth-order valence-corrected chi connectivity index (χ4v) is 3.69. The lowest BCUT2D eigenvalue weighted by molar-refractivity contribution is -0.123. The standard InChI is InChI=1S/C15H24N4O/c1-11-16-17-15(18(11)2)10-19-9-4-3-7-13(19)12-6-5-8-14(12)20/h12-13H,3-10H2,1-2H3. The zero-order chi connectivity index (χ0) is 14.1. The van der Waals surface area contributed by atoms with Gasteiger partial charge in [0.2, 0.25) is 0 Å². The Bertz CT molecular complexity index is 496. The van der Waals surface area contributed by atoms with Gasteiger partial charge in [-0.15, -0.1) is 10.2 Å². The smallest absolute Gasteiger partial charge is 0.146 e. The van der Waals surface area contributed by atoms with Gasteiger partial charge >= 0.3 is 0 Å². The molecule has 2 unspecified atom stereocenters. The normalized spacial score (nSPS) is 28.2. The number of ketones is 1. The van der Waals surface area contributed by atoms with Crippen molar-refractivity contribution in [3.05, 3.63) is 11.6 Å². The molecule has 1 saturated carbocycles. The highest BCUT2D eigenvalue weighted by molar-refractivity contribution is 5.83. The van der Waals surface area contributed by atoms with Crippen LogP contribution in [0.25, 0.3) is 0 Å². The third-order valence-electron chi connectivity index (χ3n) is 5.01. The molecule has 0 amide bonds. The molecule has 0 bridgehead atoms. The molecule has 1 saturated heterocycles. The van der Waals surface area contributed by atoms with Crippen LogP contribution in [0.2, 0.25) is 0 Å². The maximum absolute atomic E-state index is 12.1. The van der Waals surface area contributed by atoms with Gasteiger partial charge in [0, 0.05) is 25.4 Å². The van der Waals surface area contributed by atoms with E-state index >= 15 is 0 Å². The SMILES string of the molecule is Cc1nnc(CN2CCCCC2C2CCCC2=O)n1C. The molecule has 0 aromatic carbocycles. The molecule has 5 heteroatoms. The Balaban J connectivity index is 1.75. The summed E-state index contributed by atoms with van der Waals surface area (Å²) in [6.45, 7) is 3.89. The molecule has 2 fully saturated rings. The van der Waals surface area contributed by atoms with Crippen molar-refractivity contribution in [2.24, 2.45) is 13.0 Å². The molecule has 2 aliphatic rings. The van der Waals surface area contributed by atoms with Crippen molar-refractivity contribution in [1.82, 2.24) is 19.7 Å². The van der Waals surface area contributed by atoms with Gasteiger partial charge < -0.3 is 4.57 Å². The van der Waals surface area contributed by atoms with Crippen LogP contribution in [-0.4, -0.2) is 38.0 Å². The molecule has 1 aliphatic carbocycles. The Labute approximate surface area is 120 Å². The zero-order valence-corrected chi connectivity index (χ0v) is 12.5. The van der Waals surface area contributed by atoms with Gasteiger partial charge in [-0.25, -0.2) is 0 Å². The molecule has 0 spiro atoms. The van der Waals surface area contributed by atoms with Gasteiger partial charge in [0.25, 0.3) is 0 Å². The molecular weight excluding hydrogens is 252 g/mol. The van der Waals surface area contributed by atoms with Gasteiger partial charge in [-0.2, -0.15) is 0 Å². The van der Waals surface area contributed by atoms with Crippen LogP contribution in [-0.2, 0) is 18.4 Å². The van der Waals surface area contributed by atoms with Crippen LogP contribution in [0.1, 0.15) is 50.2 Å². The van der Waals surface area contributed by atoms with Gasteiger partial charge in [0.05, 0.1) is 6.54 Å². The van der Waals surface area contributed by atoms with E-state index in [1.807, 2.05) is 14.0 Å². The third-order valence-corrected chi connectivity index (χ3v) is 5.01. The predicted molar refractivity (Wildman–Crippen MR) is 76.1 cm³/mol. The first-order valence-electron chi connectivity index (χ1n) is 7.78. The van der Waals surface area contributed by atoms with Gasteiger partial charge in [0.1, 0.15) is 17.4 Å². The van der Waals surface area contributed by atoms with Crippen LogP contribution < -0.4 is 0 Å². The lowest BCUT2D eigenvalue weighted by Gasteiger charge is -2.38. The number of Topliss-reactive ketones (excluding diaryl/α,β-unsaturated/α-hetero) is 1. The molecule has 5 nitrogen and oxygen atoms in total. The number of piperidine rings is 1. The maximum Gasteiger partial charge on any atom is 0.146 e. The van der Waals surface area contributed by atoms with Gasteiger partial charge in [-0.1, -0.05) is 6.42 Å². The summed E-state index contributed by atoms with van der Waals surface area (Å²) >= 11 is 0. The minimum atomic E-state index is 0.268. The second-order valence-electron chi connectivity index (χ2n) is 6.22. The monoisotopic (exact) mass is 276 g/mol. The van der Waals surface area contributed by atoms with E-state index in [4.69, 9.17) is 0 Å². The third kappa shape index (κ3) is 2.51. The lowest BCUT2D eigenvalue weighted by Crippen LogP contribution is -2.45. The van der Waals surface area contributed by atoms with Crippen molar-refractivity contribution in [2.75, 3.05) is 6.54 Å². The second kappa shape index (κ2) is 5.64. The average molecular weight is 276 g/mol. The van der Waals surface area contributed by atoms with E-state index in [1.165, 1.54) is 12.8 Å². The predicted octanol–water partition coefficient (Wildman–Crippen LogP) is 1.85. The number of hydrogen-bond acceptors (Lipinski definition) is 4. The van der Waals surface area contributed by atoms with E-state index in [-0.39, 0.29) is 5.92 Å². The summed E-state index contributed by atoms with van der Waals surface area (Å²) in [6.07, 6.45) is 6.59. The Morgan fingerprint density at radius 3 is 2.70 bits per heavy atom. The molecule has 110 valence electrons. The number of nitrogens with zero attached hydrogens (tertiary/aromatic N) is 4. The number of hydrogen-bond donors (Lipinski definition) is 0. The molecule has 2 atom stereocenters. The molecule has 20 heavy (non-hydrogen) atoms. The van der Waals surface area contributed by atoms with Crippen molar-refractivity contribution < 1.29 is 4.79 Å². The molecule has 1 aromatic heterocycles. The molecular formula is C15H24N4O. The van der Waals surface area contributed by atoms with Crippen molar-refractivity contribution in [3.8, 4) is 0 Å². The Hall–Kier alpha value is -1.23. The molecule has 3 rings (SSSR count). The summed E-state index contributed by atoms with van der Waals surface area (Å²) in [5.41, 5.74) is 0. The lowest BCUT2D eigenvalue weighted by atomic mass is 9.88. The number of aryl methyl sites for hydroxylation is 1. The highest BCUT2D eigenvalue weighted by Gasteiger charge is 2.37. The maximum atomic E-state index is 12.1. The number of carbonyl (C=O) groups excluding carboxylic acids is 1. The summed E-state index contributed by atoms with van der Waals surface area (Å²) in [5.74, 6) is 2.71. The van der Waals surface area contributed by atoms with Gasteiger partial charge in [-0.3, -0.25) is 9.69 Å². The van der Waals surface area contributed by atoms with E-state index in [0.29, 0.717) is 11.8 Å². The molecule has 0 N–H and O–H groups in total. The van der Waals surface area contributed by atoms with Gasteiger partial charge in [0.15, 0.2) is 0 Å². The summed E-state index contributed by atoms with van der Waals surface area (Å²) in [4.78, 5) is 14.6. The largest absolute Gasteiger partial charge is 0.317 e. The van der Waals surface area contributed by atoms with E-state index < -0.39 is 0 Å². The Kier molecular flexibility index (Phi) is 3.87. The van der Waals surface area contributed by atoms with E-state index in [2.05, 4.69) is 19.7 Å². The van der Waals surface area contributed by atoms with E-state index in [9.17, 15) is 4.79 Å². The molecule has 2 heterocycles. The minimum absolute atomic E-state index is 0.268. The Morgan fingerprint density at radius 2 is 2.05 bits per heavy atom. The first kappa shape index (κ1) is 13.7. The van der Waals surface area contributed by atoms with Crippen molar-refractivity contribution in [2.45, 2.75) is 58.0 Å². The minimum Gasteiger partial charge on any atom is -0.317 e. The molecule has 0 radical (unpaired) electrons. The van der Waals surface area contributed by atoms with Crippen molar-refractivity contribution in [3.63, 3.8) is 0 Å². The highest BCUT2D eigenvalue weighted by Crippen LogP contribution is 2.33. The van der Waals surface area contributed by atoms with Gasteiger partial charge in [-0.05, 0) is 39.2 Å². The first-order chi connectivity index (χ1) is 9.66.